The minimum absolute atomic E-state index is 0.479. The van der Waals surface area contributed by atoms with Gasteiger partial charge in [0.2, 0.25) is 0 Å². The first-order valence-electron chi connectivity index (χ1n) is 6.23. The van der Waals surface area contributed by atoms with Crippen LogP contribution >= 0.6 is 0 Å². The molecule has 0 bridgehead atoms. The molecule has 1 N–H and O–H groups in total. The number of rotatable bonds is 6. The molecule has 0 atom stereocenters. The fourth-order valence-electron chi connectivity index (χ4n) is 1.86. The highest BCUT2D eigenvalue weighted by Crippen LogP contribution is 2.17. The van der Waals surface area contributed by atoms with Gasteiger partial charge in [-0.3, -0.25) is 0 Å². The van der Waals surface area contributed by atoms with Gasteiger partial charge in [0.25, 0.3) is 0 Å². The third-order valence-electron chi connectivity index (χ3n) is 2.93. The molecule has 0 aliphatic heterocycles. The summed E-state index contributed by atoms with van der Waals surface area (Å²) >= 11 is 0. The topological polar surface area (TPSA) is 33.1 Å². The van der Waals surface area contributed by atoms with Crippen LogP contribution < -0.4 is 5.32 Å². The minimum atomic E-state index is -0.859. The van der Waals surface area contributed by atoms with E-state index in [0.29, 0.717) is 17.6 Å². The van der Waals surface area contributed by atoms with Crippen LogP contribution in [0.5, 0.6) is 0 Å². The number of nitrogens with one attached hydrogen (secondary N) is 1. The molecule has 0 aliphatic rings. The third kappa shape index (κ3) is 3.48. The highest BCUT2D eigenvalue weighted by atomic mass is 19.2. The van der Waals surface area contributed by atoms with Crippen molar-refractivity contribution in [2.24, 2.45) is 0 Å². The first-order valence-corrected chi connectivity index (χ1v) is 6.23. The Labute approximate surface area is 111 Å². The van der Waals surface area contributed by atoms with E-state index in [2.05, 4.69) is 15.2 Å². The number of benzene rings is 1. The van der Waals surface area contributed by atoms with Gasteiger partial charge < -0.3 is 14.8 Å². The van der Waals surface area contributed by atoms with E-state index in [1.54, 1.807) is 6.33 Å². The van der Waals surface area contributed by atoms with Crippen LogP contribution in [0.1, 0.15) is 0 Å². The van der Waals surface area contributed by atoms with Crippen LogP contribution in [0.25, 0.3) is 11.0 Å². The normalized spacial score (nSPS) is 11.6. The lowest BCUT2D eigenvalue weighted by Gasteiger charge is -2.10. The molecule has 1 heterocycles. The number of aromatic nitrogens is 2. The zero-order valence-corrected chi connectivity index (χ0v) is 11.2. The molecule has 6 heteroatoms. The van der Waals surface area contributed by atoms with E-state index >= 15 is 0 Å². The third-order valence-corrected chi connectivity index (χ3v) is 2.93. The van der Waals surface area contributed by atoms with Gasteiger partial charge in [0.15, 0.2) is 11.6 Å². The van der Waals surface area contributed by atoms with Crippen LogP contribution in [0.4, 0.5) is 8.78 Å². The fourth-order valence-corrected chi connectivity index (χ4v) is 1.86. The maximum atomic E-state index is 13.2. The van der Waals surface area contributed by atoms with Crippen molar-refractivity contribution in [3.63, 3.8) is 0 Å². The number of likely N-dealkylation sites (N-methyl/N-ethyl adjacent to an activating group) is 1. The van der Waals surface area contributed by atoms with Crippen molar-refractivity contribution < 1.29 is 8.78 Å². The molecule has 0 aliphatic carbocycles. The SMILES string of the molecule is CN(C)CCNCCn1cnc2cc(F)c(F)cc21. The molecule has 1 aromatic carbocycles. The zero-order valence-electron chi connectivity index (χ0n) is 11.2. The Balaban J connectivity index is 1.96. The summed E-state index contributed by atoms with van der Waals surface area (Å²) in [6.07, 6.45) is 1.61. The van der Waals surface area contributed by atoms with Gasteiger partial charge in [-0.25, -0.2) is 13.8 Å². The molecule has 4 nitrogen and oxygen atoms in total. The minimum Gasteiger partial charge on any atom is -0.329 e. The molecule has 0 spiro atoms. The van der Waals surface area contributed by atoms with Crippen molar-refractivity contribution in [2.75, 3.05) is 33.7 Å². The summed E-state index contributed by atoms with van der Waals surface area (Å²) in [5, 5.41) is 3.29. The molecule has 0 radical (unpaired) electrons. The summed E-state index contributed by atoms with van der Waals surface area (Å²) in [5.74, 6) is -1.70. The van der Waals surface area contributed by atoms with Gasteiger partial charge in [-0.2, -0.15) is 0 Å². The van der Waals surface area contributed by atoms with E-state index in [-0.39, 0.29) is 0 Å². The number of imidazole rings is 1. The second kappa shape index (κ2) is 6.08. The summed E-state index contributed by atoms with van der Waals surface area (Å²) in [7, 11) is 4.03. The quantitative estimate of drug-likeness (QED) is 0.805. The summed E-state index contributed by atoms with van der Waals surface area (Å²) in [4.78, 5) is 6.16. The largest absolute Gasteiger partial charge is 0.329 e. The second-order valence-corrected chi connectivity index (χ2v) is 4.75. The summed E-state index contributed by atoms with van der Waals surface area (Å²) < 4.78 is 28.1. The van der Waals surface area contributed by atoms with Crippen LogP contribution in [0.2, 0.25) is 0 Å². The molecule has 19 heavy (non-hydrogen) atoms. The van der Waals surface area contributed by atoms with E-state index < -0.39 is 11.6 Å². The van der Waals surface area contributed by atoms with E-state index in [9.17, 15) is 8.78 Å². The Morgan fingerprint density at radius 2 is 1.95 bits per heavy atom. The Morgan fingerprint density at radius 3 is 2.68 bits per heavy atom. The first kappa shape index (κ1) is 13.9. The number of fused-ring (bicyclic) bond motifs is 1. The first-order chi connectivity index (χ1) is 9.08. The smallest absolute Gasteiger partial charge is 0.161 e. The molecule has 0 saturated carbocycles. The molecule has 0 fully saturated rings. The molecule has 0 saturated heterocycles. The fraction of sp³-hybridized carbons (Fsp3) is 0.462. The van der Waals surface area contributed by atoms with Crippen LogP contribution in [-0.2, 0) is 6.54 Å². The number of halogens is 2. The van der Waals surface area contributed by atoms with Gasteiger partial charge in [0, 0.05) is 38.3 Å². The summed E-state index contributed by atoms with van der Waals surface area (Å²) in [6, 6.07) is 2.32. The van der Waals surface area contributed by atoms with Gasteiger partial charge in [-0.15, -0.1) is 0 Å². The standard InChI is InChI=1S/C13H18F2N4/c1-18(2)5-3-16-4-6-19-9-17-12-7-10(14)11(15)8-13(12)19/h7-9,16H,3-6H2,1-2H3. The molecule has 2 aromatic rings. The predicted octanol–water partition coefficient (Wildman–Crippen LogP) is 1.47. The molecule has 0 unspecified atom stereocenters. The van der Waals surface area contributed by atoms with Crippen molar-refractivity contribution in [3.8, 4) is 0 Å². The van der Waals surface area contributed by atoms with Gasteiger partial charge in [-0.05, 0) is 14.1 Å². The Morgan fingerprint density at radius 1 is 1.21 bits per heavy atom. The molecular formula is C13H18F2N4. The Bertz CT molecular complexity index is 551. The second-order valence-electron chi connectivity index (χ2n) is 4.75. The number of nitrogens with zero attached hydrogens (tertiary/aromatic N) is 3. The van der Waals surface area contributed by atoms with E-state index in [1.807, 2.05) is 18.7 Å². The lowest BCUT2D eigenvalue weighted by atomic mass is 10.3. The lowest BCUT2D eigenvalue weighted by Crippen LogP contribution is -2.28. The van der Waals surface area contributed by atoms with Gasteiger partial charge >= 0.3 is 0 Å². The van der Waals surface area contributed by atoms with E-state index in [0.717, 1.165) is 25.7 Å². The zero-order chi connectivity index (χ0) is 13.8. The van der Waals surface area contributed by atoms with Crippen LogP contribution in [0.3, 0.4) is 0 Å². The van der Waals surface area contributed by atoms with E-state index in [4.69, 9.17) is 0 Å². The van der Waals surface area contributed by atoms with Crippen molar-refractivity contribution in [2.45, 2.75) is 6.54 Å². The maximum Gasteiger partial charge on any atom is 0.161 e. The number of hydrogen-bond acceptors (Lipinski definition) is 3. The van der Waals surface area contributed by atoms with E-state index in [1.165, 1.54) is 6.07 Å². The number of hydrogen-bond donors (Lipinski definition) is 1. The van der Waals surface area contributed by atoms with Gasteiger partial charge in [0.05, 0.1) is 17.4 Å². The highest BCUT2D eigenvalue weighted by molar-refractivity contribution is 5.75. The molecule has 0 amide bonds. The Kier molecular flexibility index (Phi) is 4.44. The summed E-state index contributed by atoms with van der Waals surface area (Å²) in [6.45, 7) is 3.29. The molecule has 2 rings (SSSR count). The van der Waals surface area contributed by atoms with Gasteiger partial charge in [0.1, 0.15) is 0 Å². The van der Waals surface area contributed by atoms with Crippen LogP contribution in [0, 0.1) is 11.6 Å². The summed E-state index contributed by atoms with van der Waals surface area (Å²) in [5.41, 5.74) is 1.10. The van der Waals surface area contributed by atoms with Crippen molar-refractivity contribution in [3.05, 3.63) is 30.1 Å². The molecular weight excluding hydrogens is 250 g/mol. The monoisotopic (exact) mass is 268 g/mol. The van der Waals surface area contributed by atoms with Gasteiger partial charge in [-0.1, -0.05) is 0 Å². The average Bonchev–Trinajstić information content (AvgIpc) is 2.72. The van der Waals surface area contributed by atoms with Crippen LogP contribution in [0.15, 0.2) is 18.5 Å². The van der Waals surface area contributed by atoms with Crippen LogP contribution in [-0.4, -0.2) is 48.2 Å². The lowest BCUT2D eigenvalue weighted by molar-refractivity contribution is 0.398. The molecule has 1 aromatic heterocycles. The van der Waals surface area contributed by atoms with Crippen molar-refractivity contribution >= 4 is 11.0 Å². The Hall–Kier alpha value is -1.53. The van der Waals surface area contributed by atoms with Crippen molar-refractivity contribution in [1.29, 1.82) is 0 Å². The average molecular weight is 268 g/mol. The predicted molar refractivity (Wildman–Crippen MR) is 71.1 cm³/mol. The molecule has 104 valence electrons. The maximum absolute atomic E-state index is 13.2. The highest BCUT2D eigenvalue weighted by Gasteiger charge is 2.08. The van der Waals surface area contributed by atoms with Crippen molar-refractivity contribution in [1.82, 2.24) is 19.8 Å².